The number of carbonyl (C=O) groups is 1. The molecule has 4 aromatic carbocycles. The first-order valence-electron chi connectivity index (χ1n) is 13.0. The van der Waals surface area contributed by atoms with Gasteiger partial charge < -0.3 is 9.84 Å². The summed E-state index contributed by atoms with van der Waals surface area (Å²) in [4.78, 5) is 13.6. The monoisotopic (exact) mass is 563 g/mol. The second kappa shape index (κ2) is 15.3. The summed E-state index contributed by atoms with van der Waals surface area (Å²) in [6, 6.07) is 36.8. The van der Waals surface area contributed by atoms with Crippen molar-refractivity contribution in [2.45, 2.75) is 38.3 Å². The fraction of sp³-hybridized carbons (Fsp3) is 0.242. The van der Waals surface area contributed by atoms with Crippen LogP contribution in [-0.2, 0) is 17.8 Å². The lowest BCUT2D eigenvalue weighted by Gasteiger charge is -2.33. The topological polar surface area (TPSA) is 49.8 Å². The van der Waals surface area contributed by atoms with Gasteiger partial charge in [0.1, 0.15) is 5.75 Å². The molecule has 1 unspecified atom stereocenters. The van der Waals surface area contributed by atoms with Crippen molar-refractivity contribution in [1.82, 2.24) is 4.90 Å². The smallest absolute Gasteiger partial charge is 0.307 e. The van der Waals surface area contributed by atoms with E-state index in [2.05, 4.69) is 78.6 Å². The Hall–Kier alpha value is -3.31. The molecule has 4 nitrogen and oxygen atoms in total. The van der Waals surface area contributed by atoms with Crippen molar-refractivity contribution in [2.75, 3.05) is 13.2 Å². The highest BCUT2D eigenvalue weighted by Crippen LogP contribution is 2.29. The summed E-state index contributed by atoms with van der Waals surface area (Å²) in [5, 5.41) is 9.86. The summed E-state index contributed by atoms with van der Waals surface area (Å²) in [6.07, 6.45) is 0.795. The molecule has 0 radical (unpaired) electrons. The minimum absolute atomic E-state index is 0. The predicted octanol–water partition coefficient (Wildman–Crippen LogP) is 7.88. The van der Waals surface area contributed by atoms with Gasteiger partial charge in [-0.2, -0.15) is 0 Å². The maximum atomic E-state index is 11.1. The van der Waals surface area contributed by atoms with Crippen LogP contribution in [0.1, 0.15) is 41.5 Å². The third kappa shape index (κ3) is 9.14. The van der Waals surface area contributed by atoms with Crippen molar-refractivity contribution in [3.8, 4) is 5.75 Å². The summed E-state index contributed by atoms with van der Waals surface area (Å²) in [5.41, 5.74) is 4.39. The molecule has 0 saturated carbocycles. The highest BCUT2D eigenvalue weighted by molar-refractivity contribution is 6.31. The van der Waals surface area contributed by atoms with Gasteiger partial charge in [-0.05, 0) is 53.8 Å². The van der Waals surface area contributed by atoms with Crippen LogP contribution in [-0.4, -0.2) is 35.2 Å². The van der Waals surface area contributed by atoms with E-state index in [9.17, 15) is 4.79 Å². The first-order chi connectivity index (χ1) is 18.5. The number of aliphatic carboxylic acids is 1. The van der Waals surface area contributed by atoms with Crippen molar-refractivity contribution in [1.29, 1.82) is 0 Å². The molecule has 204 valence electrons. The fourth-order valence-electron chi connectivity index (χ4n) is 4.70. The lowest BCUT2D eigenvalue weighted by Crippen LogP contribution is -2.37. The van der Waals surface area contributed by atoms with Gasteiger partial charge in [-0.3, -0.25) is 9.69 Å². The number of benzene rings is 4. The molecule has 0 fully saturated rings. The molecule has 39 heavy (non-hydrogen) atoms. The molecule has 0 spiro atoms. The Morgan fingerprint density at radius 1 is 0.872 bits per heavy atom. The summed E-state index contributed by atoms with van der Waals surface area (Å²) in [7, 11) is 0. The molecular weight excluding hydrogens is 529 g/mol. The van der Waals surface area contributed by atoms with E-state index in [4.69, 9.17) is 21.4 Å². The van der Waals surface area contributed by atoms with Crippen LogP contribution < -0.4 is 4.74 Å². The van der Waals surface area contributed by atoms with Crippen LogP contribution in [0.25, 0.3) is 0 Å². The summed E-state index contributed by atoms with van der Waals surface area (Å²) < 4.78 is 6.05. The van der Waals surface area contributed by atoms with Crippen LogP contribution in [0.15, 0.2) is 109 Å². The first-order valence-corrected chi connectivity index (χ1v) is 13.4. The minimum Gasteiger partial charge on any atom is -0.494 e. The molecule has 4 aromatic rings. The van der Waals surface area contributed by atoms with Crippen LogP contribution in [0.3, 0.4) is 0 Å². The van der Waals surface area contributed by atoms with Crippen molar-refractivity contribution < 1.29 is 14.6 Å². The second-order valence-electron chi connectivity index (χ2n) is 9.60. The molecule has 4 rings (SSSR count). The lowest BCUT2D eigenvalue weighted by molar-refractivity contribution is -0.136. The van der Waals surface area contributed by atoms with Crippen LogP contribution >= 0.6 is 24.0 Å². The molecule has 0 aliphatic heterocycles. The maximum Gasteiger partial charge on any atom is 0.307 e. The third-order valence-corrected chi connectivity index (χ3v) is 7.20. The van der Waals surface area contributed by atoms with E-state index in [0.717, 1.165) is 35.7 Å². The highest BCUT2D eigenvalue weighted by Gasteiger charge is 2.23. The molecule has 1 atom stereocenters. The average molecular weight is 565 g/mol. The third-order valence-electron chi connectivity index (χ3n) is 6.83. The van der Waals surface area contributed by atoms with Crippen molar-refractivity contribution in [3.63, 3.8) is 0 Å². The molecular formula is C33H35Cl2NO3. The minimum atomic E-state index is -0.850. The van der Waals surface area contributed by atoms with Gasteiger partial charge in [0.05, 0.1) is 13.0 Å². The van der Waals surface area contributed by atoms with Crippen LogP contribution in [0, 0.1) is 0 Å². The number of rotatable bonds is 13. The number of hydrogen-bond acceptors (Lipinski definition) is 3. The maximum absolute atomic E-state index is 11.1. The fourth-order valence-corrected chi connectivity index (χ4v) is 4.90. The van der Waals surface area contributed by atoms with E-state index in [0.29, 0.717) is 12.4 Å². The normalized spacial score (nSPS) is 11.7. The van der Waals surface area contributed by atoms with Crippen LogP contribution in [0.5, 0.6) is 5.75 Å². The van der Waals surface area contributed by atoms with Crippen molar-refractivity contribution in [2.24, 2.45) is 0 Å². The number of carboxylic acids is 1. The van der Waals surface area contributed by atoms with Gasteiger partial charge in [-0.25, -0.2) is 0 Å². The molecule has 0 heterocycles. The number of ether oxygens (including phenoxy) is 1. The van der Waals surface area contributed by atoms with Gasteiger partial charge >= 0.3 is 5.97 Å². The zero-order valence-corrected chi connectivity index (χ0v) is 23.7. The van der Waals surface area contributed by atoms with E-state index >= 15 is 0 Å². The van der Waals surface area contributed by atoms with Gasteiger partial charge in [-0.15, -0.1) is 12.4 Å². The van der Waals surface area contributed by atoms with Crippen molar-refractivity contribution >= 4 is 30.0 Å². The van der Waals surface area contributed by atoms with Crippen molar-refractivity contribution in [3.05, 3.63) is 136 Å². The molecule has 0 bridgehead atoms. The lowest BCUT2D eigenvalue weighted by atomic mass is 9.90. The zero-order valence-electron chi connectivity index (χ0n) is 22.1. The Morgan fingerprint density at radius 2 is 1.49 bits per heavy atom. The molecule has 6 heteroatoms. The molecule has 0 aromatic heterocycles. The Labute approximate surface area is 242 Å². The predicted molar refractivity (Wildman–Crippen MR) is 161 cm³/mol. The quantitative estimate of drug-likeness (QED) is 0.180. The van der Waals surface area contributed by atoms with E-state index in [1.54, 1.807) is 6.07 Å². The highest BCUT2D eigenvalue weighted by atomic mass is 35.5. The van der Waals surface area contributed by atoms with E-state index in [1.807, 2.05) is 36.4 Å². The van der Waals surface area contributed by atoms with Gasteiger partial charge in [0.25, 0.3) is 0 Å². The van der Waals surface area contributed by atoms with Crippen LogP contribution in [0.4, 0.5) is 0 Å². The summed E-state index contributed by atoms with van der Waals surface area (Å²) in [6.45, 7) is 4.31. The Morgan fingerprint density at radius 3 is 2.10 bits per heavy atom. The Bertz CT molecular complexity index is 1260. The Kier molecular flexibility index (Phi) is 11.9. The molecule has 0 aliphatic rings. The zero-order chi connectivity index (χ0) is 26.7. The summed E-state index contributed by atoms with van der Waals surface area (Å²) >= 11 is 6.59. The summed E-state index contributed by atoms with van der Waals surface area (Å²) in [5.74, 6) is 0.0494. The number of carboxylic acid groups (broad SMARTS) is 1. The van der Waals surface area contributed by atoms with Gasteiger partial charge in [0.2, 0.25) is 0 Å². The SMILES string of the molecule is CC(CCOc1cccc(CC(=O)O)c1)N(Cc1ccccc1Cl)CC(c1ccccc1)c1ccccc1.Cl. The standard InChI is InChI=1S/C33H34ClNO3.ClH/c1-25(19-20-38-30-17-10-11-26(21-30)22-33(36)37)35(23-29-16-8-9-18-32(29)34)24-31(27-12-4-2-5-13-27)28-14-6-3-7-15-28;/h2-18,21,25,31H,19-20,22-24H2,1H3,(H,36,37);1H. The molecule has 0 amide bonds. The second-order valence-corrected chi connectivity index (χ2v) is 10.0. The number of hydrogen-bond donors (Lipinski definition) is 1. The number of nitrogens with zero attached hydrogens (tertiary/aromatic N) is 1. The largest absolute Gasteiger partial charge is 0.494 e. The molecule has 1 N–H and O–H groups in total. The van der Waals surface area contributed by atoms with E-state index < -0.39 is 5.97 Å². The molecule has 0 aliphatic carbocycles. The van der Waals surface area contributed by atoms with E-state index in [-0.39, 0.29) is 30.8 Å². The molecule has 0 saturated heterocycles. The first kappa shape index (κ1) is 30.2. The van der Waals surface area contributed by atoms with Crippen LogP contribution in [0.2, 0.25) is 5.02 Å². The average Bonchev–Trinajstić information content (AvgIpc) is 2.93. The van der Waals surface area contributed by atoms with E-state index in [1.165, 1.54) is 11.1 Å². The van der Waals surface area contributed by atoms with Gasteiger partial charge in [0, 0.05) is 30.1 Å². The van der Waals surface area contributed by atoms with Gasteiger partial charge in [0.15, 0.2) is 0 Å². The van der Waals surface area contributed by atoms with Gasteiger partial charge in [-0.1, -0.05) is 103 Å². The Balaban J connectivity index is 0.00000420. The number of halogens is 2.